The SMILES string of the molecule is O=C(Cc1ccc2[nH]c3c(c2c1)CCc1cc(NC(=O)[C@@H]2CCCN2C(=O)OCc2ccccc2)ccc1-3)[C@@H]1CCCN1C(=O)OCc1ccccc1. The van der Waals surface area contributed by atoms with Crippen molar-refractivity contribution in [2.75, 3.05) is 18.4 Å². The summed E-state index contributed by atoms with van der Waals surface area (Å²) < 4.78 is 11.1. The minimum absolute atomic E-state index is 0.0210. The summed E-state index contributed by atoms with van der Waals surface area (Å²) in [6.45, 7) is 1.34. The second kappa shape index (κ2) is 15.0. The van der Waals surface area contributed by atoms with Gasteiger partial charge in [0.1, 0.15) is 19.3 Å². The van der Waals surface area contributed by atoms with Crippen LogP contribution in [0.4, 0.5) is 15.3 Å². The summed E-state index contributed by atoms with van der Waals surface area (Å²) in [7, 11) is 0. The minimum Gasteiger partial charge on any atom is -0.445 e. The highest BCUT2D eigenvalue weighted by molar-refractivity contribution is 5.98. The summed E-state index contributed by atoms with van der Waals surface area (Å²) >= 11 is 0. The Hall–Kier alpha value is -5.90. The molecule has 0 bridgehead atoms. The van der Waals surface area contributed by atoms with E-state index in [0.29, 0.717) is 31.6 Å². The van der Waals surface area contributed by atoms with Crippen molar-refractivity contribution in [1.82, 2.24) is 14.8 Å². The Kier molecular flexibility index (Phi) is 9.67. The van der Waals surface area contributed by atoms with Gasteiger partial charge in [0.2, 0.25) is 5.91 Å². The number of H-pyrrole nitrogens is 1. The molecule has 5 aromatic rings. The number of nitrogens with one attached hydrogen (secondary N) is 2. The van der Waals surface area contributed by atoms with Crippen LogP contribution in [0.1, 0.15) is 53.5 Å². The number of aromatic nitrogens is 1. The first kappa shape index (κ1) is 34.2. The van der Waals surface area contributed by atoms with E-state index >= 15 is 0 Å². The Labute approximate surface area is 308 Å². The summed E-state index contributed by atoms with van der Waals surface area (Å²) in [4.78, 5) is 59.5. The summed E-state index contributed by atoms with van der Waals surface area (Å²) in [6.07, 6.45) is 3.67. The van der Waals surface area contributed by atoms with Crippen molar-refractivity contribution < 1.29 is 28.7 Å². The Balaban J connectivity index is 0.912. The van der Waals surface area contributed by atoms with Crippen molar-refractivity contribution in [2.45, 2.75) is 70.2 Å². The standard InChI is InChI=1S/C43H42N4O6/c48-39(37-13-7-21-46(37)42(50)52-26-28-9-3-1-4-10-28)24-30-15-20-36-35(23-30)34-18-16-31-25-32(17-19-33(31)40(34)45-36)44-41(49)38-14-8-22-47(38)43(51)53-27-29-11-5-2-6-12-29/h1-6,9-12,15,17,19-20,23,25,37-38,45H,7-8,13-14,16,18,21-22,24,26-27H2,(H,44,49)/t37-,38-/m0/s1. The minimum atomic E-state index is -0.583. The third kappa shape index (κ3) is 7.26. The summed E-state index contributed by atoms with van der Waals surface area (Å²) in [6, 6.07) is 30.1. The highest BCUT2D eigenvalue weighted by atomic mass is 16.6. The Morgan fingerprint density at radius 2 is 1.34 bits per heavy atom. The quantitative estimate of drug-likeness (QED) is 0.163. The van der Waals surface area contributed by atoms with Crippen LogP contribution in [0.15, 0.2) is 97.1 Å². The highest BCUT2D eigenvalue weighted by Gasteiger charge is 2.36. The van der Waals surface area contributed by atoms with Crippen molar-refractivity contribution in [2.24, 2.45) is 0 Å². The summed E-state index contributed by atoms with van der Waals surface area (Å²) in [5.41, 5.74) is 8.90. The number of Topliss-reactive ketones (excluding diaryl/α,β-unsaturated/α-hetero) is 1. The van der Waals surface area contributed by atoms with Gasteiger partial charge in [0.25, 0.3) is 0 Å². The average molecular weight is 711 g/mol. The fourth-order valence-electron chi connectivity index (χ4n) is 8.00. The first-order chi connectivity index (χ1) is 25.9. The number of anilines is 1. The molecule has 1 aliphatic carbocycles. The Morgan fingerprint density at radius 1 is 0.698 bits per heavy atom. The van der Waals surface area contributed by atoms with Crippen LogP contribution >= 0.6 is 0 Å². The van der Waals surface area contributed by atoms with Crippen molar-refractivity contribution in [3.8, 4) is 11.3 Å². The Morgan fingerprint density at radius 3 is 2.02 bits per heavy atom. The first-order valence-electron chi connectivity index (χ1n) is 18.5. The van der Waals surface area contributed by atoms with Crippen molar-refractivity contribution in [3.05, 3.63) is 125 Å². The third-order valence-electron chi connectivity index (χ3n) is 10.7. The molecule has 53 heavy (non-hydrogen) atoms. The van der Waals surface area contributed by atoms with E-state index in [1.165, 1.54) is 10.5 Å². The number of ether oxygens (including phenoxy) is 2. The van der Waals surface area contributed by atoms with Crippen LogP contribution in [0.5, 0.6) is 0 Å². The maximum Gasteiger partial charge on any atom is 0.410 e. The molecule has 3 aliphatic rings. The van der Waals surface area contributed by atoms with Crippen LogP contribution < -0.4 is 5.32 Å². The lowest BCUT2D eigenvalue weighted by atomic mass is 9.88. The maximum atomic E-state index is 13.5. The molecule has 2 N–H and O–H groups in total. The number of aromatic amines is 1. The van der Waals surface area contributed by atoms with E-state index in [4.69, 9.17) is 9.47 Å². The molecule has 270 valence electrons. The molecule has 2 aliphatic heterocycles. The molecular formula is C43H42N4O6. The number of hydrogen-bond acceptors (Lipinski definition) is 6. The molecule has 0 saturated carbocycles. The van der Waals surface area contributed by atoms with Gasteiger partial charge < -0.3 is 19.8 Å². The average Bonchev–Trinajstić information content (AvgIpc) is 3.96. The lowest BCUT2D eigenvalue weighted by Crippen LogP contribution is -2.43. The number of aryl methyl sites for hydroxylation is 2. The predicted molar refractivity (Wildman–Crippen MR) is 201 cm³/mol. The van der Waals surface area contributed by atoms with Crippen LogP contribution in [-0.2, 0) is 51.5 Å². The monoisotopic (exact) mass is 710 g/mol. The molecule has 10 nitrogen and oxygen atoms in total. The molecule has 8 rings (SSSR count). The van der Waals surface area contributed by atoms with Gasteiger partial charge in [-0.2, -0.15) is 0 Å². The van der Waals surface area contributed by atoms with E-state index < -0.39 is 24.3 Å². The van der Waals surface area contributed by atoms with Crippen molar-refractivity contribution >= 4 is 40.5 Å². The zero-order valence-electron chi connectivity index (χ0n) is 29.5. The molecule has 0 unspecified atom stereocenters. The molecular weight excluding hydrogens is 668 g/mol. The number of carbonyl (C=O) groups is 4. The molecule has 2 fully saturated rings. The number of ketones is 1. The van der Waals surface area contributed by atoms with Crippen molar-refractivity contribution in [1.29, 1.82) is 0 Å². The lowest BCUT2D eigenvalue weighted by Gasteiger charge is -2.24. The van der Waals surface area contributed by atoms with Crippen LogP contribution in [0, 0.1) is 0 Å². The number of carbonyl (C=O) groups excluding carboxylic acids is 4. The van der Waals surface area contributed by atoms with E-state index in [2.05, 4.69) is 16.4 Å². The van der Waals surface area contributed by atoms with Gasteiger partial charge in [0, 0.05) is 47.4 Å². The fourth-order valence-corrected chi connectivity index (χ4v) is 8.00. The van der Waals surface area contributed by atoms with Crippen molar-refractivity contribution in [3.63, 3.8) is 0 Å². The largest absolute Gasteiger partial charge is 0.445 e. The van der Waals surface area contributed by atoms with Gasteiger partial charge in [0.05, 0.1) is 6.04 Å². The van der Waals surface area contributed by atoms with Gasteiger partial charge in [-0.05, 0) is 90.6 Å². The van der Waals surface area contributed by atoms with E-state index in [0.717, 1.165) is 70.1 Å². The molecule has 3 heterocycles. The molecule has 1 aromatic heterocycles. The summed E-state index contributed by atoms with van der Waals surface area (Å²) in [5, 5.41) is 4.15. The molecule has 4 aromatic carbocycles. The fraction of sp³-hybridized carbons (Fsp3) is 0.302. The van der Waals surface area contributed by atoms with Crippen LogP contribution in [0.2, 0.25) is 0 Å². The van der Waals surface area contributed by atoms with E-state index in [-0.39, 0.29) is 31.3 Å². The normalized spacial score (nSPS) is 17.7. The second-order valence-corrected chi connectivity index (χ2v) is 14.1. The lowest BCUT2D eigenvalue weighted by molar-refractivity contribution is -0.122. The first-order valence-corrected chi connectivity index (χ1v) is 18.5. The zero-order chi connectivity index (χ0) is 36.3. The molecule has 10 heteroatoms. The van der Waals surface area contributed by atoms with Gasteiger partial charge >= 0.3 is 12.2 Å². The predicted octanol–water partition coefficient (Wildman–Crippen LogP) is 7.59. The Bertz CT molecular complexity index is 2160. The van der Waals surface area contributed by atoms with E-state index in [9.17, 15) is 19.2 Å². The van der Waals surface area contributed by atoms with Gasteiger partial charge in [-0.1, -0.05) is 72.8 Å². The molecule has 0 radical (unpaired) electrons. The van der Waals surface area contributed by atoms with E-state index in [1.807, 2.05) is 91.0 Å². The van der Waals surface area contributed by atoms with Gasteiger partial charge in [-0.25, -0.2) is 9.59 Å². The molecule has 2 atom stereocenters. The van der Waals surface area contributed by atoms with Gasteiger partial charge in [-0.3, -0.25) is 19.4 Å². The van der Waals surface area contributed by atoms with Gasteiger partial charge in [0.15, 0.2) is 5.78 Å². The molecule has 2 saturated heterocycles. The highest BCUT2D eigenvalue weighted by Crippen LogP contribution is 2.39. The molecule has 0 spiro atoms. The number of likely N-dealkylation sites (tertiary alicyclic amines) is 2. The van der Waals surface area contributed by atoms with E-state index in [1.54, 1.807) is 4.90 Å². The third-order valence-corrected chi connectivity index (χ3v) is 10.7. The number of rotatable bonds is 9. The van der Waals surface area contributed by atoms with Crippen LogP contribution in [0.25, 0.3) is 22.2 Å². The number of amides is 3. The second-order valence-electron chi connectivity index (χ2n) is 14.1. The number of fused-ring (bicyclic) bond motifs is 5. The molecule has 3 amide bonds. The number of benzene rings is 4. The number of hydrogen-bond donors (Lipinski definition) is 2. The topological polar surface area (TPSA) is 121 Å². The zero-order valence-corrected chi connectivity index (χ0v) is 29.5. The maximum absolute atomic E-state index is 13.5. The van der Waals surface area contributed by atoms with Crippen LogP contribution in [0.3, 0.4) is 0 Å². The van der Waals surface area contributed by atoms with Crippen LogP contribution in [-0.4, -0.2) is 63.8 Å². The number of nitrogens with zero attached hydrogens (tertiary/aromatic N) is 2. The van der Waals surface area contributed by atoms with Gasteiger partial charge in [-0.15, -0.1) is 0 Å². The smallest absolute Gasteiger partial charge is 0.410 e. The summed E-state index contributed by atoms with van der Waals surface area (Å²) in [5.74, 6) is -0.194.